The van der Waals surface area contributed by atoms with Gasteiger partial charge in [0, 0.05) is 17.5 Å². The first-order chi connectivity index (χ1) is 12.2. The molecular weight excluding hydrogens is 322 g/mol. The van der Waals surface area contributed by atoms with E-state index in [1.54, 1.807) is 31.2 Å². The molecule has 1 unspecified atom stereocenters. The van der Waals surface area contributed by atoms with Crippen LogP contribution in [0.2, 0.25) is 0 Å². The molecule has 6 heteroatoms. The molecule has 1 aliphatic rings. The minimum absolute atomic E-state index is 0.0899. The van der Waals surface area contributed by atoms with Gasteiger partial charge in [-0.25, -0.2) is 4.79 Å². The van der Waals surface area contributed by atoms with Crippen molar-refractivity contribution >= 4 is 12.1 Å². The second-order valence-corrected chi connectivity index (χ2v) is 5.51. The Balaban J connectivity index is 1.65. The largest absolute Gasteiger partial charge is 0.513 e. The summed E-state index contributed by atoms with van der Waals surface area (Å²) in [6.07, 6.45) is -0.0502. The maximum Gasteiger partial charge on any atom is 0.513 e. The van der Waals surface area contributed by atoms with Crippen LogP contribution in [0.4, 0.5) is 4.79 Å². The second-order valence-electron chi connectivity index (χ2n) is 5.51. The Morgan fingerprint density at radius 3 is 2.68 bits per heavy atom. The normalized spacial score (nSPS) is 15.5. The molecule has 1 N–H and O–H groups in total. The van der Waals surface area contributed by atoms with Gasteiger partial charge < -0.3 is 19.5 Å². The summed E-state index contributed by atoms with van der Waals surface area (Å²) < 4.78 is 15.3. The predicted molar refractivity (Wildman–Crippen MR) is 90.9 cm³/mol. The number of ether oxygens (including phenoxy) is 3. The highest BCUT2D eigenvalue weighted by molar-refractivity contribution is 5.94. The first-order valence-corrected chi connectivity index (χ1v) is 8.14. The van der Waals surface area contributed by atoms with Gasteiger partial charge in [-0.15, -0.1) is 0 Å². The monoisotopic (exact) mass is 341 g/mol. The lowest BCUT2D eigenvalue weighted by molar-refractivity contribution is 0.0924. The summed E-state index contributed by atoms with van der Waals surface area (Å²) in [5.41, 5.74) is 1.46. The van der Waals surface area contributed by atoms with Crippen molar-refractivity contribution in [3.8, 4) is 11.5 Å². The van der Waals surface area contributed by atoms with E-state index < -0.39 is 6.16 Å². The molecule has 6 nitrogen and oxygen atoms in total. The summed E-state index contributed by atoms with van der Waals surface area (Å²) in [5, 5.41) is 3.02. The summed E-state index contributed by atoms with van der Waals surface area (Å²) in [6.45, 7) is 2.50. The predicted octanol–water partition coefficient (Wildman–Crippen LogP) is 3.48. The smallest absolute Gasteiger partial charge is 0.493 e. The fourth-order valence-corrected chi connectivity index (χ4v) is 2.65. The highest BCUT2D eigenvalue weighted by atomic mass is 16.7. The van der Waals surface area contributed by atoms with Gasteiger partial charge >= 0.3 is 6.16 Å². The van der Waals surface area contributed by atoms with Gasteiger partial charge in [-0.1, -0.05) is 18.2 Å². The van der Waals surface area contributed by atoms with E-state index in [2.05, 4.69) is 5.32 Å². The maximum atomic E-state index is 12.5. The van der Waals surface area contributed by atoms with Crippen LogP contribution < -0.4 is 14.8 Å². The number of hydrogen-bond acceptors (Lipinski definition) is 5. The van der Waals surface area contributed by atoms with Crippen LogP contribution in [0.15, 0.2) is 48.5 Å². The minimum Gasteiger partial charge on any atom is -0.493 e. The Labute approximate surface area is 145 Å². The van der Waals surface area contributed by atoms with Crippen LogP contribution in [-0.2, 0) is 4.74 Å². The van der Waals surface area contributed by atoms with Crippen molar-refractivity contribution < 1.29 is 23.8 Å². The van der Waals surface area contributed by atoms with E-state index in [0.29, 0.717) is 24.3 Å². The van der Waals surface area contributed by atoms with Gasteiger partial charge in [0.1, 0.15) is 11.5 Å². The quantitative estimate of drug-likeness (QED) is 0.681. The van der Waals surface area contributed by atoms with Crippen LogP contribution in [0.25, 0.3) is 0 Å². The molecule has 0 fully saturated rings. The van der Waals surface area contributed by atoms with Gasteiger partial charge in [-0.05, 0) is 37.3 Å². The average Bonchev–Trinajstić information content (AvgIpc) is 2.63. The van der Waals surface area contributed by atoms with Crippen molar-refractivity contribution in [2.75, 3.05) is 13.2 Å². The van der Waals surface area contributed by atoms with Crippen molar-refractivity contribution in [2.24, 2.45) is 0 Å². The molecule has 0 saturated carbocycles. The van der Waals surface area contributed by atoms with Gasteiger partial charge in [-0.2, -0.15) is 0 Å². The van der Waals surface area contributed by atoms with E-state index in [9.17, 15) is 9.59 Å². The number of fused-ring (bicyclic) bond motifs is 1. The molecule has 2 aromatic rings. The Bertz CT molecular complexity index is 757. The third kappa shape index (κ3) is 4.09. The summed E-state index contributed by atoms with van der Waals surface area (Å²) in [4.78, 5) is 23.7. The minimum atomic E-state index is -0.765. The van der Waals surface area contributed by atoms with Gasteiger partial charge in [0.15, 0.2) is 0 Å². The fourth-order valence-electron chi connectivity index (χ4n) is 2.65. The molecule has 1 amide bonds. The maximum absolute atomic E-state index is 12.5. The van der Waals surface area contributed by atoms with Crippen LogP contribution in [0, 0.1) is 0 Å². The molecule has 1 aliphatic heterocycles. The van der Waals surface area contributed by atoms with Crippen LogP contribution in [0.3, 0.4) is 0 Å². The molecule has 1 heterocycles. The van der Waals surface area contributed by atoms with E-state index in [-0.39, 0.29) is 18.6 Å². The summed E-state index contributed by atoms with van der Waals surface area (Å²) in [7, 11) is 0. The zero-order valence-electron chi connectivity index (χ0n) is 13.9. The van der Waals surface area contributed by atoms with Crippen molar-refractivity contribution in [1.29, 1.82) is 0 Å². The lowest BCUT2D eigenvalue weighted by atomic mass is 10.00. The Hall–Kier alpha value is -3.02. The number of benzene rings is 2. The van der Waals surface area contributed by atoms with E-state index in [0.717, 1.165) is 11.3 Å². The molecule has 0 aromatic heterocycles. The number of hydrogen-bond donors (Lipinski definition) is 1. The standard InChI is InChI=1S/C19H19NO5/c1-2-23-19(22)25-14-9-7-13(8-10-14)18(21)20-16-11-12-24-17-6-4-3-5-15(16)17/h3-10,16H,2,11-12H2,1H3,(H,20,21). The topological polar surface area (TPSA) is 73.9 Å². The number of carbonyl (C=O) groups is 2. The Kier molecular flexibility index (Phi) is 5.18. The summed E-state index contributed by atoms with van der Waals surface area (Å²) in [6, 6.07) is 13.9. The van der Waals surface area contributed by atoms with Gasteiger partial charge in [-0.3, -0.25) is 4.79 Å². The van der Waals surface area contributed by atoms with E-state index in [4.69, 9.17) is 14.2 Å². The zero-order chi connectivity index (χ0) is 17.6. The molecule has 0 saturated heterocycles. The highest BCUT2D eigenvalue weighted by Crippen LogP contribution is 2.31. The number of nitrogens with one attached hydrogen (secondary N) is 1. The Morgan fingerprint density at radius 2 is 1.92 bits per heavy atom. The van der Waals surface area contributed by atoms with Crippen LogP contribution in [-0.4, -0.2) is 25.3 Å². The van der Waals surface area contributed by atoms with Gasteiger partial charge in [0.05, 0.1) is 19.3 Å². The number of para-hydroxylation sites is 1. The van der Waals surface area contributed by atoms with Crippen LogP contribution in [0.5, 0.6) is 11.5 Å². The van der Waals surface area contributed by atoms with Crippen molar-refractivity contribution in [1.82, 2.24) is 5.32 Å². The van der Waals surface area contributed by atoms with E-state index in [1.807, 2.05) is 24.3 Å². The van der Waals surface area contributed by atoms with Crippen LogP contribution in [0.1, 0.15) is 35.3 Å². The third-order valence-corrected chi connectivity index (χ3v) is 3.84. The third-order valence-electron chi connectivity index (χ3n) is 3.84. The molecule has 25 heavy (non-hydrogen) atoms. The number of amides is 1. The fraction of sp³-hybridized carbons (Fsp3) is 0.263. The zero-order valence-corrected chi connectivity index (χ0v) is 13.9. The molecule has 2 aromatic carbocycles. The first kappa shape index (κ1) is 16.8. The SMILES string of the molecule is CCOC(=O)Oc1ccc(C(=O)NC2CCOc3ccccc32)cc1. The van der Waals surface area contributed by atoms with E-state index in [1.165, 1.54) is 0 Å². The van der Waals surface area contributed by atoms with Gasteiger partial charge in [0.25, 0.3) is 5.91 Å². The lowest BCUT2D eigenvalue weighted by Crippen LogP contribution is -2.32. The molecule has 0 radical (unpaired) electrons. The van der Waals surface area contributed by atoms with Crippen molar-refractivity contribution in [3.63, 3.8) is 0 Å². The molecule has 3 rings (SSSR count). The average molecular weight is 341 g/mol. The first-order valence-electron chi connectivity index (χ1n) is 8.14. The Morgan fingerprint density at radius 1 is 1.16 bits per heavy atom. The van der Waals surface area contributed by atoms with Crippen molar-refractivity contribution in [3.05, 3.63) is 59.7 Å². The molecule has 0 aliphatic carbocycles. The van der Waals surface area contributed by atoms with Crippen molar-refractivity contribution in [2.45, 2.75) is 19.4 Å². The van der Waals surface area contributed by atoms with Crippen LogP contribution >= 0.6 is 0 Å². The molecule has 0 bridgehead atoms. The molecule has 130 valence electrons. The lowest BCUT2D eigenvalue weighted by Gasteiger charge is -2.26. The van der Waals surface area contributed by atoms with Gasteiger partial charge in [0.2, 0.25) is 0 Å². The summed E-state index contributed by atoms with van der Waals surface area (Å²) in [5.74, 6) is 0.938. The number of rotatable bonds is 4. The summed E-state index contributed by atoms with van der Waals surface area (Å²) >= 11 is 0. The highest BCUT2D eigenvalue weighted by Gasteiger charge is 2.23. The van der Waals surface area contributed by atoms with E-state index >= 15 is 0 Å². The molecule has 0 spiro atoms. The molecular formula is C19H19NO5. The number of carbonyl (C=O) groups excluding carboxylic acids is 2. The second kappa shape index (κ2) is 7.70. The molecule has 1 atom stereocenters.